The van der Waals surface area contributed by atoms with Crippen LogP contribution in [0.1, 0.15) is 56.8 Å². The Kier molecular flexibility index (Phi) is 4.52. The highest BCUT2D eigenvalue weighted by Crippen LogP contribution is 2.38. The minimum atomic E-state index is -0.148. The first-order valence-electron chi connectivity index (χ1n) is 7.21. The van der Waals surface area contributed by atoms with Gasteiger partial charge in [0.1, 0.15) is 10.6 Å². The van der Waals surface area contributed by atoms with Crippen LogP contribution in [0.25, 0.3) is 0 Å². The van der Waals surface area contributed by atoms with E-state index in [2.05, 4.69) is 21.9 Å². The van der Waals surface area contributed by atoms with Crippen molar-refractivity contribution in [2.75, 3.05) is 17.6 Å². The van der Waals surface area contributed by atoms with E-state index in [1.54, 1.807) is 0 Å². The Hall–Kier alpha value is -1.30. The first kappa shape index (κ1) is 15.1. The highest BCUT2D eigenvalue weighted by molar-refractivity contribution is 7.11. The SMILES string of the molecule is CC(C)NC(=O)c1c(N)nsc1NCC1(C)CCCC1. The van der Waals surface area contributed by atoms with E-state index < -0.39 is 0 Å². The van der Waals surface area contributed by atoms with Crippen molar-refractivity contribution in [2.45, 2.75) is 52.5 Å². The zero-order chi connectivity index (χ0) is 14.8. The molecule has 0 aromatic carbocycles. The first-order valence-corrected chi connectivity index (χ1v) is 7.98. The molecule has 1 amide bonds. The Labute approximate surface area is 124 Å². The molecule has 1 aromatic rings. The monoisotopic (exact) mass is 296 g/mol. The molecule has 5 nitrogen and oxygen atoms in total. The summed E-state index contributed by atoms with van der Waals surface area (Å²) in [5.74, 6) is 0.164. The maximum Gasteiger partial charge on any atom is 0.258 e. The van der Waals surface area contributed by atoms with Crippen LogP contribution in [-0.4, -0.2) is 22.9 Å². The molecule has 0 spiro atoms. The van der Waals surface area contributed by atoms with E-state index in [0.29, 0.717) is 16.8 Å². The van der Waals surface area contributed by atoms with Gasteiger partial charge in [-0.15, -0.1) is 0 Å². The van der Waals surface area contributed by atoms with Crippen LogP contribution in [0.4, 0.5) is 10.8 Å². The van der Waals surface area contributed by atoms with Crippen LogP contribution in [0.3, 0.4) is 0 Å². The average molecular weight is 296 g/mol. The van der Waals surface area contributed by atoms with Gasteiger partial charge in [0.05, 0.1) is 0 Å². The van der Waals surface area contributed by atoms with Crippen LogP contribution in [0.5, 0.6) is 0 Å². The molecule has 2 rings (SSSR count). The molecule has 0 bridgehead atoms. The quantitative estimate of drug-likeness (QED) is 0.780. The summed E-state index contributed by atoms with van der Waals surface area (Å²) in [7, 11) is 0. The molecule has 1 aliphatic carbocycles. The summed E-state index contributed by atoms with van der Waals surface area (Å²) >= 11 is 1.27. The third-order valence-corrected chi connectivity index (χ3v) is 4.67. The van der Waals surface area contributed by atoms with Crippen molar-refractivity contribution in [3.05, 3.63) is 5.56 Å². The number of anilines is 2. The van der Waals surface area contributed by atoms with E-state index in [1.807, 2.05) is 13.8 Å². The predicted octanol–water partition coefficient (Wildman–Crippen LogP) is 2.86. The number of aromatic nitrogens is 1. The molecule has 1 saturated carbocycles. The Morgan fingerprint density at radius 2 is 2.10 bits per heavy atom. The molecule has 0 saturated heterocycles. The summed E-state index contributed by atoms with van der Waals surface area (Å²) in [6.45, 7) is 7.03. The molecule has 0 atom stereocenters. The van der Waals surface area contributed by atoms with Crippen molar-refractivity contribution in [1.29, 1.82) is 0 Å². The van der Waals surface area contributed by atoms with Gasteiger partial charge in [0.2, 0.25) is 0 Å². The molecule has 0 radical (unpaired) electrons. The second-order valence-electron chi connectivity index (χ2n) is 6.27. The zero-order valence-corrected chi connectivity index (χ0v) is 13.3. The third-order valence-electron chi connectivity index (χ3n) is 3.85. The molecule has 20 heavy (non-hydrogen) atoms. The van der Waals surface area contributed by atoms with Gasteiger partial charge in [-0.2, -0.15) is 4.37 Å². The van der Waals surface area contributed by atoms with Crippen molar-refractivity contribution >= 4 is 28.3 Å². The largest absolute Gasteiger partial charge is 0.382 e. The van der Waals surface area contributed by atoms with Crippen molar-refractivity contribution in [3.63, 3.8) is 0 Å². The molecule has 6 heteroatoms. The number of nitrogens with two attached hydrogens (primary N) is 1. The van der Waals surface area contributed by atoms with Gasteiger partial charge in [-0.25, -0.2) is 0 Å². The molecular formula is C14H24N4OS. The number of rotatable bonds is 5. The fourth-order valence-electron chi connectivity index (χ4n) is 2.68. The van der Waals surface area contributed by atoms with E-state index in [1.165, 1.54) is 37.2 Å². The number of nitrogens with one attached hydrogen (secondary N) is 2. The molecular weight excluding hydrogens is 272 g/mol. The first-order chi connectivity index (χ1) is 9.41. The highest BCUT2D eigenvalue weighted by Gasteiger charge is 2.29. The standard InChI is InChI=1S/C14H24N4OS/c1-9(2)17-12(19)10-11(15)18-20-13(10)16-8-14(3)6-4-5-7-14/h9,16H,4-8H2,1-3H3,(H2,15,18)(H,17,19). The Balaban J connectivity index is 2.06. The Morgan fingerprint density at radius 3 is 2.70 bits per heavy atom. The van der Waals surface area contributed by atoms with Gasteiger partial charge < -0.3 is 16.4 Å². The lowest BCUT2D eigenvalue weighted by molar-refractivity contribution is 0.0945. The minimum Gasteiger partial charge on any atom is -0.382 e. The van der Waals surface area contributed by atoms with Crippen LogP contribution >= 0.6 is 11.5 Å². The van der Waals surface area contributed by atoms with Gasteiger partial charge in [-0.05, 0) is 43.6 Å². The maximum atomic E-state index is 12.2. The lowest BCUT2D eigenvalue weighted by Gasteiger charge is -2.24. The molecule has 1 fully saturated rings. The third kappa shape index (κ3) is 3.42. The average Bonchev–Trinajstić information content (AvgIpc) is 2.93. The smallest absolute Gasteiger partial charge is 0.258 e. The van der Waals surface area contributed by atoms with Gasteiger partial charge in [0, 0.05) is 12.6 Å². The zero-order valence-electron chi connectivity index (χ0n) is 12.5. The summed E-state index contributed by atoms with van der Waals surface area (Å²) < 4.78 is 4.11. The van der Waals surface area contributed by atoms with Gasteiger partial charge in [0.25, 0.3) is 5.91 Å². The van der Waals surface area contributed by atoms with E-state index in [4.69, 9.17) is 5.73 Å². The fourth-order valence-corrected chi connectivity index (χ4v) is 3.38. The molecule has 4 N–H and O–H groups in total. The topological polar surface area (TPSA) is 80.0 Å². The normalized spacial score (nSPS) is 17.4. The van der Waals surface area contributed by atoms with E-state index in [0.717, 1.165) is 11.5 Å². The number of hydrogen-bond acceptors (Lipinski definition) is 5. The van der Waals surface area contributed by atoms with Gasteiger partial charge >= 0.3 is 0 Å². The molecule has 1 heterocycles. The van der Waals surface area contributed by atoms with Crippen LogP contribution in [0, 0.1) is 5.41 Å². The van der Waals surface area contributed by atoms with Gasteiger partial charge in [0.15, 0.2) is 5.82 Å². The van der Waals surface area contributed by atoms with Gasteiger partial charge in [-0.1, -0.05) is 19.8 Å². The van der Waals surface area contributed by atoms with Crippen molar-refractivity contribution < 1.29 is 4.79 Å². The maximum absolute atomic E-state index is 12.2. The second kappa shape index (κ2) is 5.99. The minimum absolute atomic E-state index is 0.0852. The summed E-state index contributed by atoms with van der Waals surface area (Å²) in [6.07, 6.45) is 5.07. The van der Waals surface area contributed by atoms with Crippen LogP contribution in [0.15, 0.2) is 0 Å². The molecule has 112 valence electrons. The van der Waals surface area contributed by atoms with Crippen molar-refractivity contribution in [2.24, 2.45) is 5.41 Å². The number of nitrogen functional groups attached to an aromatic ring is 1. The highest BCUT2D eigenvalue weighted by atomic mass is 32.1. The van der Waals surface area contributed by atoms with Crippen molar-refractivity contribution in [1.82, 2.24) is 9.69 Å². The van der Waals surface area contributed by atoms with Crippen molar-refractivity contribution in [3.8, 4) is 0 Å². The van der Waals surface area contributed by atoms with E-state index in [-0.39, 0.29) is 11.9 Å². The molecule has 0 unspecified atom stereocenters. The number of carbonyl (C=O) groups excluding carboxylic acids is 1. The van der Waals surface area contributed by atoms with E-state index in [9.17, 15) is 4.79 Å². The Morgan fingerprint density at radius 1 is 1.45 bits per heavy atom. The second-order valence-corrected chi connectivity index (χ2v) is 7.04. The lowest BCUT2D eigenvalue weighted by Crippen LogP contribution is -2.31. The van der Waals surface area contributed by atoms with Crippen LogP contribution in [-0.2, 0) is 0 Å². The lowest BCUT2D eigenvalue weighted by atomic mass is 9.89. The predicted molar refractivity (Wildman–Crippen MR) is 84.2 cm³/mol. The van der Waals surface area contributed by atoms with E-state index >= 15 is 0 Å². The summed E-state index contributed by atoms with van der Waals surface area (Å²) in [6, 6.07) is 0.0852. The number of hydrogen-bond donors (Lipinski definition) is 3. The summed E-state index contributed by atoms with van der Waals surface area (Å²) in [5, 5.41) is 7.04. The van der Waals surface area contributed by atoms with Crippen LogP contribution in [0.2, 0.25) is 0 Å². The molecule has 0 aliphatic heterocycles. The number of amides is 1. The number of carbonyl (C=O) groups is 1. The molecule has 1 aromatic heterocycles. The molecule has 1 aliphatic rings. The summed E-state index contributed by atoms with van der Waals surface area (Å²) in [5.41, 5.74) is 6.65. The Bertz CT molecular complexity index is 478. The fraction of sp³-hybridized carbons (Fsp3) is 0.714. The number of nitrogens with zero attached hydrogens (tertiary/aromatic N) is 1. The van der Waals surface area contributed by atoms with Crippen LogP contribution < -0.4 is 16.4 Å². The van der Waals surface area contributed by atoms with Gasteiger partial charge in [-0.3, -0.25) is 4.79 Å². The summed E-state index contributed by atoms with van der Waals surface area (Å²) in [4.78, 5) is 12.2.